The number of carbonyl (C=O) groups excluding carboxylic acids is 1. The summed E-state index contributed by atoms with van der Waals surface area (Å²) in [5.74, 6) is 0.0494. The largest absolute Gasteiger partial charge is 0.328 e. The van der Waals surface area contributed by atoms with Crippen LogP contribution in [0, 0.1) is 6.92 Å². The number of hydrogen-bond donors (Lipinski definition) is 0. The Morgan fingerprint density at radius 2 is 1.76 bits per heavy atom. The minimum absolute atomic E-state index is 0.0494. The molecule has 0 spiro atoms. The molecule has 3 aromatic rings. The number of rotatable bonds is 4. The number of benzene rings is 2. The molecule has 5 nitrogen and oxygen atoms in total. The Kier molecular flexibility index (Phi) is 4.49. The van der Waals surface area contributed by atoms with Gasteiger partial charge in [-0.25, -0.2) is 4.79 Å². The third-order valence-corrected chi connectivity index (χ3v) is 4.62. The van der Waals surface area contributed by atoms with E-state index in [1.165, 1.54) is 0 Å². The van der Waals surface area contributed by atoms with E-state index in [0.29, 0.717) is 13.0 Å². The SMILES string of the molecule is CCN(C(=O)Cc1ccc2c(c1)n(C)c(=O)n2C)c1cccc(C)c1. The molecular weight excluding hydrogens is 314 g/mol. The van der Waals surface area contributed by atoms with Gasteiger partial charge in [-0.1, -0.05) is 18.2 Å². The molecule has 130 valence electrons. The molecule has 0 unspecified atom stereocenters. The average molecular weight is 337 g/mol. The van der Waals surface area contributed by atoms with E-state index in [1.54, 1.807) is 28.1 Å². The summed E-state index contributed by atoms with van der Waals surface area (Å²) in [4.78, 5) is 26.6. The molecule has 1 aromatic heterocycles. The minimum Gasteiger partial charge on any atom is -0.312 e. The lowest BCUT2D eigenvalue weighted by Gasteiger charge is -2.21. The first-order chi connectivity index (χ1) is 11.9. The van der Waals surface area contributed by atoms with E-state index in [1.807, 2.05) is 56.3 Å². The molecule has 0 fully saturated rings. The van der Waals surface area contributed by atoms with Crippen molar-refractivity contribution in [3.05, 3.63) is 64.1 Å². The van der Waals surface area contributed by atoms with E-state index in [2.05, 4.69) is 0 Å². The average Bonchev–Trinajstić information content (AvgIpc) is 2.80. The summed E-state index contributed by atoms with van der Waals surface area (Å²) in [6.07, 6.45) is 0.306. The molecule has 25 heavy (non-hydrogen) atoms. The second-order valence-corrected chi connectivity index (χ2v) is 6.38. The van der Waals surface area contributed by atoms with E-state index in [0.717, 1.165) is 27.8 Å². The Morgan fingerprint density at radius 3 is 2.44 bits per heavy atom. The summed E-state index contributed by atoms with van der Waals surface area (Å²) in [5, 5.41) is 0. The van der Waals surface area contributed by atoms with Crippen LogP contribution < -0.4 is 10.6 Å². The molecule has 0 aliphatic carbocycles. The van der Waals surface area contributed by atoms with Crippen LogP contribution in [0.25, 0.3) is 11.0 Å². The van der Waals surface area contributed by atoms with Gasteiger partial charge < -0.3 is 4.90 Å². The fourth-order valence-electron chi connectivity index (χ4n) is 3.23. The van der Waals surface area contributed by atoms with Crippen LogP contribution in [-0.2, 0) is 25.3 Å². The van der Waals surface area contributed by atoms with Gasteiger partial charge in [-0.2, -0.15) is 0 Å². The van der Waals surface area contributed by atoms with Crippen molar-refractivity contribution < 1.29 is 4.79 Å². The van der Waals surface area contributed by atoms with E-state index in [4.69, 9.17) is 0 Å². The third kappa shape index (κ3) is 3.09. The molecule has 5 heteroatoms. The molecule has 3 rings (SSSR count). The van der Waals surface area contributed by atoms with Crippen LogP contribution in [0.2, 0.25) is 0 Å². The number of likely N-dealkylation sites (N-methyl/N-ethyl adjacent to an activating group) is 1. The summed E-state index contributed by atoms with van der Waals surface area (Å²) < 4.78 is 3.23. The van der Waals surface area contributed by atoms with Gasteiger partial charge in [-0.15, -0.1) is 0 Å². The van der Waals surface area contributed by atoms with Crippen LogP contribution in [0.5, 0.6) is 0 Å². The number of aryl methyl sites for hydroxylation is 3. The van der Waals surface area contributed by atoms with Crippen LogP contribution in [0.4, 0.5) is 5.69 Å². The minimum atomic E-state index is -0.0616. The van der Waals surface area contributed by atoms with Gasteiger partial charge in [0.05, 0.1) is 17.5 Å². The van der Waals surface area contributed by atoms with E-state index in [-0.39, 0.29) is 11.6 Å². The number of imidazole rings is 1. The molecule has 0 aliphatic rings. The van der Waals surface area contributed by atoms with Gasteiger partial charge in [0.25, 0.3) is 0 Å². The van der Waals surface area contributed by atoms with Crippen molar-refractivity contribution in [1.29, 1.82) is 0 Å². The van der Waals surface area contributed by atoms with Crippen LogP contribution in [0.3, 0.4) is 0 Å². The molecule has 1 amide bonds. The maximum atomic E-state index is 12.8. The Hall–Kier alpha value is -2.82. The van der Waals surface area contributed by atoms with E-state index >= 15 is 0 Å². The van der Waals surface area contributed by atoms with Crippen LogP contribution in [-0.4, -0.2) is 21.6 Å². The van der Waals surface area contributed by atoms with E-state index < -0.39 is 0 Å². The van der Waals surface area contributed by atoms with Crippen molar-refractivity contribution in [2.75, 3.05) is 11.4 Å². The van der Waals surface area contributed by atoms with Crippen LogP contribution >= 0.6 is 0 Å². The van der Waals surface area contributed by atoms with Crippen molar-refractivity contribution in [3.63, 3.8) is 0 Å². The highest BCUT2D eigenvalue weighted by atomic mass is 16.2. The van der Waals surface area contributed by atoms with Gasteiger partial charge in [-0.3, -0.25) is 13.9 Å². The molecule has 0 bridgehead atoms. The molecule has 0 saturated carbocycles. The number of aromatic nitrogens is 2. The van der Waals surface area contributed by atoms with Crippen molar-refractivity contribution in [2.24, 2.45) is 14.1 Å². The molecular formula is C20H23N3O2. The highest BCUT2D eigenvalue weighted by Gasteiger charge is 2.16. The fraction of sp³-hybridized carbons (Fsp3) is 0.300. The van der Waals surface area contributed by atoms with E-state index in [9.17, 15) is 9.59 Å². The summed E-state index contributed by atoms with van der Waals surface area (Å²) in [7, 11) is 3.51. The predicted molar refractivity (Wildman–Crippen MR) is 101 cm³/mol. The van der Waals surface area contributed by atoms with Gasteiger partial charge in [0, 0.05) is 26.3 Å². The smallest absolute Gasteiger partial charge is 0.312 e. The molecule has 0 radical (unpaired) electrons. The Balaban J connectivity index is 1.90. The number of carbonyl (C=O) groups is 1. The molecule has 1 heterocycles. The maximum Gasteiger partial charge on any atom is 0.328 e. The first kappa shape index (κ1) is 17.0. The zero-order valence-electron chi connectivity index (χ0n) is 15.1. The zero-order valence-corrected chi connectivity index (χ0v) is 15.1. The molecule has 0 saturated heterocycles. The van der Waals surface area contributed by atoms with Crippen molar-refractivity contribution in [3.8, 4) is 0 Å². The standard InChI is InChI=1S/C20H23N3O2/c1-5-23(16-8-6-7-14(2)11-16)19(24)13-15-9-10-17-18(12-15)22(4)20(25)21(17)3/h6-12H,5,13H2,1-4H3. The monoisotopic (exact) mass is 337 g/mol. The first-order valence-electron chi connectivity index (χ1n) is 8.43. The molecule has 0 atom stereocenters. The maximum absolute atomic E-state index is 12.8. The quantitative estimate of drug-likeness (QED) is 0.735. The zero-order chi connectivity index (χ0) is 18.1. The van der Waals surface area contributed by atoms with Crippen molar-refractivity contribution >= 4 is 22.6 Å². The Labute approximate surface area is 147 Å². The first-order valence-corrected chi connectivity index (χ1v) is 8.43. The second kappa shape index (κ2) is 6.59. The van der Waals surface area contributed by atoms with Gasteiger partial charge in [0.2, 0.25) is 5.91 Å². The Bertz CT molecular complexity index is 998. The van der Waals surface area contributed by atoms with Crippen molar-refractivity contribution in [1.82, 2.24) is 9.13 Å². The molecule has 0 aliphatic heterocycles. The number of fused-ring (bicyclic) bond motifs is 1. The highest BCUT2D eigenvalue weighted by molar-refractivity contribution is 5.95. The van der Waals surface area contributed by atoms with Gasteiger partial charge in [0.1, 0.15) is 0 Å². The summed E-state index contributed by atoms with van der Waals surface area (Å²) >= 11 is 0. The van der Waals surface area contributed by atoms with Gasteiger partial charge >= 0.3 is 5.69 Å². The van der Waals surface area contributed by atoms with Gasteiger partial charge in [-0.05, 0) is 49.2 Å². The normalized spacial score (nSPS) is 11.0. The van der Waals surface area contributed by atoms with Crippen LogP contribution in [0.1, 0.15) is 18.1 Å². The number of amides is 1. The predicted octanol–water partition coefficient (Wildman–Crippen LogP) is 2.78. The number of anilines is 1. The molecule has 2 aromatic carbocycles. The highest BCUT2D eigenvalue weighted by Crippen LogP contribution is 2.19. The fourth-order valence-corrected chi connectivity index (χ4v) is 3.23. The number of hydrogen-bond acceptors (Lipinski definition) is 2. The third-order valence-electron chi connectivity index (χ3n) is 4.62. The lowest BCUT2D eigenvalue weighted by atomic mass is 10.1. The Morgan fingerprint density at radius 1 is 1.04 bits per heavy atom. The van der Waals surface area contributed by atoms with Crippen LogP contribution in [0.15, 0.2) is 47.3 Å². The topological polar surface area (TPSA) is 47.2 Å². The lowest BCUT2D eigenvalue weighted by Crippen LogP contribution is -2.32. The van der Waals surface area contributed by atoms with Gasteiger partial charge in [0.15, 0.2) is 0 Å². The van der Waals surface area contributed by atoms with Crippen molar-refractivity contribution in [2.45, 2.75) is 20.3 Å². The second-order valence-electron chi connectivity index (χ2n) is 6.38. The summed E-state index contributed by atoms with van der Waals surface area (Å²) in [6.45, 7) is 4.62. The summed E-state index contributed by atoms with van der Waals surface area (Å²) in [6, 6.07) is 13.7. The lowest BCUT2D eigenvalue weighted by molar-refractivity contribution is -0.117. The molecule has 0 N–H and O–H groups in total. The summed E-state index contributed by atoms with van der Waals surface area (Å²) in [5.41, 5.74) is 4.61. The number of nitrogens with zero attached hydrogens (tertiary/aromatic N) is 3.